The summed E-state index contributed by atoms with van der Waals surface area (Å²) in [6.07, 6.45) is 1.72. The number of carbonyl (C=O) groups is 2. The Hall–Kier alpha value is -1.36. The topological polar surface area (TPSA) is 72.8 Å². The van der Waals surface area contributed by atoms with Gasteiger partial charge in [-0.1, -0.05) is 6.58 Å². The van der Waals surface area contributed by atoms with Crippen LogP contribution in [-0.4, -0.2) is 36.4 Å². The minimum atomic E-state index is -1.62. The number of esters is 2. The summed E-state index contributed by atoms with van der Waals surface area (Å²) in [6.45, 7) is 3.88. The van der Waals surface area contributed by atoms with Crippen LogP contribution in [0.1, 0.15) is 25.7 Å². The largest absolute Gasteiger partial charge is 0.464 e. The van der Waals surface area contributed by atoms with Crippen LogP contribution in [-0.2, 0) is 19.1 Å². The molecule has 1 aliphatic heterocycles. The van der Waals surface area contributed by atoms with Gasteiger partial charge in [0.15, 0.2) is 6.10 Å². The highest BCUT2D eigenvalue weighted by Gasteiger charge is 2.26. The molecular weight excluding hydrogens is 212 g/mol. The summed E-state index contributed by atoms with van der Waals surface area (Å²) in [7, 11) is 0. The first-order valence-corrected chi connectivity index (χ1v) is 5.33. The lowest BCUT2D eigenvalue weighted by molar-refractivity contribution is -0.155. The predicted octanol–water partition coefficient (Wildman–Crippen LogP) is 0.564. The van der Waals surface area contributed by atoms with E-state index in [1.165, 1.54) is 0 Å². The fourth-order valence-electron chi connectivity index (χ4n) is 1.32. The van der Waals surface area contributed by atoms with Crippen molar-refractivity contribution in [3.8, 4) is 0 Å². The van der Waals surface area contributed by atoms with Crippen LogP contribution in [0.4, 0.5) is 0 Å². The van der Waals surface area contributed by atoms with Gasteiger partial charge in [0.25, 0.3) is 0 Å². The Bertz CT molecular complexity index is 284. The summed E-state index contributed by atoms with van der Waals surface area (Å²) >= 11 is 0. The summed E-state index contributed by atoms with van der Waals surface area (Å²) < 4.78 is 9.63. The van der Waals surface area contributed by atoms with E-state index < -0.39 is 18.0 Å². The maximum atomic E-state index is 11.3. The molecule has 0 aromatic heterocycles. The molecule has 1 N–H and O–H groups in total. The first kappa shape index (κ1) is 12.7. The average Bonchev–Trinajstić information content (AvgIpc) is 2.28. The number of hydrogen-bond acceptors (Lipinski definition) is 5. The lowest BCUT2D eigenvalue weighted by atomic mass is 10.1. The lowest BCUT2D eigenvalue weighted by Gasteiger charge is -2.14. The number of aliphatic hydroxyl groups excluding tert-OH is 1. The molecule has 0 spiro atoms. The SMILES string of the molecule is C=C1C(=O)OCCCCCCOC(=O)C1O. The van der Waals surface area contributed by atoms with Crippen molar-refractivity contribution < 1.29 is 24.2 Å². The monoisotopic (exact) mass is 228 g/mol. The number of cyclic esters (lactones) is 2. The Morgan fingerprint density at radius 1 is 1.06 bits per heavy atom. The summed E-state index contributed by atoms with van der Waals surface area (Å²) in [4.78, 5) is 22.5. The highest BCUT2D eigenvalue weighted by molar-refractivity contribution is 5.96. The second-order valence-corrected chi connectivity index (χ2v) is 3.65. The first-order chi connectivity index (χ1) is 7.63. The zero-order valence-electron chi connectivity index (χ0n) is 9.11. The highest BCUT2D eigenvalue weighted by Crippen LogP contribution is 2.09. The Morgan fingerprint density at radius 2 is 1.62 bits per heavy atom. The molecule has 1 aliphatic rings. The fraction of sp³-hybridized carbons (Fsp3) is 0.636. The summed E-state index contributed by atoms with van der Waals surface area (Å²) in [5.41, 5.74) is -0.273. The lowest BCUT2D eigenvalue weighted by Crippen LogP contribution is -2.30. The van der Waals surface area contributed by atoms with Crippen LogP contribution in [0, 0.1) is 0 Å². The second kappa shape index (κ2) is 6.27. The summed E-state index contributed by atoms with van der Waals surface area (Å²) in [5.74, 6) is -1.59. The normalized spacial score (nSPS) is 25.1. The fourth-order valence-corrected chi connectivity index (χ4v) is 1.32. The number of carbonyl (C=O) groups excluding carboxylic acids is 2. The van der Waals surface area contributed by atoms with Gasteiger partial charge in [0, 0.05) is 0 Å². The molecule has 1 atom stereocenters. The van der Waals surface area contributed by atoms with Crippen molar-refractivity contribution >= 4 is 11.9 Å². The van der Waals surface area contributed by atoms with Gasteiger partial charge in [0.05, 0.1) is 18.8 Å². The van der Waals surface area contributed by atoms with Gasteiger partial charge in [-0.3, -0.25) is 0 Å². The summed E-state index contributed by atoms with van der Waals surface area (Å²) in [6, 6.07) is 0. The molecule has 0 aromatic carbocycles. The van der Waals surface area contributed by atoms with Gasteiger partial charge in [-0.15, -0.1) is 0 Å². The molecule has 1 saturated heterocycles. The van der Waals surface area contributed by atoms with Crippen molar-refractivity contribution in [1.29, 1.82) is 0 Å². The van der Waals surface area contributed by atoms with Gasteiger partial charge in [-0.2, -0.15) is 0 Å². The second-order valence-electron chi connectivity index (χ2n) is 3.65. The molecular formula is C11H16O5. The van der Waals surface area contributed by atoms with Crippen molar-refractivity contribution in [1.82, 2.24) is 0 Å². The van der Waals surface area contributed by atoms with Crippen molar-refractivity contribution in [2.75, 3.05) is 13.2 Å². The number of aliphatic hydroxyl groups is 1. The molecule has 0 aromatic rings. The van der Waals surface area contributed by atoms with E-state index in [-0.39, 0.29) is 12.2 Å². The first-order valence-electron chi connectivity index (χ1n) is 5.33. The van der Waals surface area contributed by atoms with Crippen molar-refractivity contribution in [3.63, 3.8) is 0 Å². The van der Waals surface area contributed by atoms with E-state index in [9.17, 15) is 14.7 Å². The maximum absolute atomic E-state index is 11.3. The number of rotatable bonds is 0. The van der Waals surface area contributed by atoms with E-state index in [0.29, 0.717) is 6.61 Å². The van der Waals surface area contributed by atoms with E-state index in [1.807, 2.05) is 0 Å². The molecule has 1 unspecified atom stereocenters. The van der Waals surface area contributed by atoms with Gasteiger partial charge in [-0.05, 0) is 25.7 Å². The molecule has 0 radical (unpaired) electrons. The molecule has 1 rings (SSSR count). The minimum absolute atomic E-state index is 0.262. The van der Waals surface area contributed by atoms with E-state index in [2.05, 4.69) is 6.58 Å². The molecule has 16 heavy (non-hydrogen) atoms. The van der Waals surface area contributed by atoms with Crippen LogP contribution in [0.25, 0.3) is 0 Å². The maximum Gasteiger partial charge on any atom is 0.339 e. The number of hydrogen-bond donors (Lipinski definition) is 1. The summed E-state index contributed by atoms with van der Waals surface area (Å²) in [5, 5.41) is 9.43. The minimum Gasteiger partial charge on any atom is -0.464 e. The van der Waals surface area contributed by atoms with Crippen LogP contribution in [0.15, 0.2) is 12.2 Å². The smallest absolute Gasteiger partial charge is 0.339 e. The van der Waals surface area contributed by atoms with E-state index in [1.54, 1.807) is 0 Å². The third-order valence-corrected chi connectivity index (χ3v) is 2.33. The third-order valence-electron chi connectivity index (χ3n) is 2.33. The van der Waals surface area contributed by atoms with Gasteiger partial charge in [-0.25, -0.2) is 9.59 Å². The Kier molecular flexibility index (Phi) is 4.98. The van der Waals surface area contributed by atoms with Gasteiger partial charge in [0.2, 0.25) is 0 Å². The standard InChI is InChI=1S/C11H16O5/c1-8-9(12)11(14)16-7-5-3-2-4-6-15-10(8)13/h9,12H,1-7H2. The Morgan fingerprint density at radius 3 is 2.25 bits per heavy atom. The molecule has 90 valence electrons. The van der Waals surface area contributed by atoms with E-state index in [0.717, 1.165) is 25.7 Å². The zero-order valence-corrected chi connectivity index (χ0v) is 9.11. The van der Waals surface area contributed by atoms with Crippen molar-refractivity contribution in [2.45, 2.75) is 31.8 Å². The average molecular weight is 228 g/mol. The van der Waals surface area contributed by atoms with Crippen LogP contribution in [0.2, 0.25) is 0 Å². The van der Waals surface area contributed by atoms with Gasteiger partial charge >= 0.3 is 11.9 Å². The Labute approximate surface area is 94.0 Å². The van der Waals surface area contributed by atoms with Gasteiger partial charge < -0.3 is 14.6 Å². The van der Waals surface area contributed by atoms with E-state index in [4.69, 9.17) is 9.47 Å². The molecule has 0 saturated carbocycles. The molecule has 5 heteroatoms. The molecule has 0 amide bonds. The van der Waals surface area contributed by atoms with Gasteiger partial charge in [0.1, 0.15) is 0 Å². The van der Waals surface area contributed by atoms with Crippen LogP contribution < -0.4 is 0 Å². The van der Waals surface area contributed by atoms with Crippen LogP contribution in [0.3, 0.4) is 0 Å². The zero-order chi connectivity index (χ0) is 12.0. The molecule has 5 nitrogen and oxygen atoms in total. The Balaban J connectivity index is 2.60. The van der Waals surface area contributed by atoms with E-state index >= 15 is 0 Å². The predicted molar refractivity (Wildman–Crippen MR) is 55.5 cm³/mol. The molecule has 1 heterocycles. The quantitative estimate of drug-likeness (QED) is 0.484. The van der Waals surface area contributed by atoms with Crippen molar-refractivity contribution in [2.24, 2.45) is 0 Å². The van der Waals surface area contributed by atoms with Crippen molar-refractivity contribution in [3.05, 3.63) is 12.2 Å². The van der Waals surface area contributed by atoms with Crippen LogP contribution >= 0.6 is 0 Å². The molecule has 0 bridgehead atoms. The highest BCUT2D eigenvalue weighted by atomic mass is 16.6. The molecule has 1 fully saturated rings. The number of ether oxygens (including phenoxy) is 2. The molecule has 0 aliphatic carbocycles. The third kappa shape index (κ3) is 3.66. The van der Waals surface area contributed by atoms with Crippen LogP contribution in [0.5, 0.6) is 0 Å².